The third-order valence-corrected chi connectivity index (χ3v) is 8.17. The number of para-hydroxylation sites is 2. The molecular formula is C22H28N6O6. The van der Waals surface area contributed by atoms with E-state index in [0.29, 0.717) is 19.6 Å². The zero-order chi connectivity index (χ0) is 25.8. The molecule has 0 bridgehead atoms. The van der Waals surface area contributed by atoms with Gasteiger partial charge in [-0.2, -0.15) is 0 Å². The molecule has 1 aromatic rings. The summed E-state index contributed by atoms with van der Waals surface area (Å²) < 4.78 is 0.746. The van der Waals surface area contributed by atoms with Crippen molar-refractivity contribution in [2.75, 3.05) is 10.1 Å². The van der Waals surface area contributed by atoms with E-state index < -0.39 is 45.2 Å². The van der Waals surface area contributed by atoms with Crippen molar-refractivity contribution >= 4 is 11.4 Å². The zero-order valence-electron chi connectivity index (χ0n) is 20.4. The topological polar surface area (TPSA) is 139 Å². The van der Waals surface area contributed by atoms with Crippen molar-refractivity contribution in [3.63, 3.8) is 0 Å². The molecule has 34 heavy (non-hydrogen) atoms. The van der Waals surface area contributed by atoms with Gasteiger partial charge in [-0.3, -0.25) is 0 Å². The maximum Gasteiger partial charge on any atom is 0.375 e. The van der Waals surface area contributed by atoms with Crippen LogP contribution in [0.15, 0.2) is 47.3 Å². The Kier molecular flexibility index (Phi) is 4.78. The molecular weight excluding hydrogens is 444 g/mol. The van der Waals surface area contributed by atoms with Crippen LogP contribution in [0.2, 0.25) is 0 Å². The number of hydrogen-bond acceptors (Lipinski definition) is 8. The molecule has 2 saturated heterocycles. The molecule has 2 fully saturated rings. The van der Waals surface area contributed by atoms with Crippen LogP contribution in [-0.2, 0) is 10.4 Å². The molecule has 0 spiro atoms. The fraction of sp³-hybridized carbons (Fsp3) is 0.545. The third kappa shape index (κ3) is 2.56. The van der Waals surface area contributed by atoms with Crippen LogP contribution in [0.5, 0.6) is 0 Å². The Morgan fingerprint density at radius 2 is 0.941 bits per heavy atom. The average molecular weight is 473 g/mol. The minimum absolute atomic E-state index is 0.125. The number of nitrogens with zero attached hydrogens (tertiary/aromatic N) is 6. The lowest BCUT2D eigenvalue weighted by Gasteiger charge is -2.47. The molecule has 1 aromatic carbocycles. The van der Waals surface area contributed by atoms with Crippen LogP contribution < -0.4 is 10.1 Å². The van der Waals surface area contributed by atoms with Gasteiger partial charge in [-0.1, -0.05) is 32.1 Å². The molecule has 3 heterocycles. The first-order valence-electron chi connectivity index (χ1n) is 10.9. The monoisotopic (exact) mass is 472 g/mol. The number of fused-ring (bicyclic) bond motifs is 1. The van der Waals surface area contributed by atoms with Crippen LogP contribution in [0, 0.1) is 20.2 Å². The number of nitroso groups, excluding NO2 is 2. The van der Waals surface area contributed by atoms with E-state index in [1.807, 2.05) is 0 Å². The van der Waals surface area contributed by atoms with Crippen molar-refractivity contribution in [2.24, 2.45) is 0 Å². The summed E-state index contributed by atoms with van der Waals surface area (Å²) in [7, 11) is 0. The average Bonchev–Trinajstić information content (AvgIpc) is 2.95. The third-order valence-electron chi connectivity index (χ3n) is 8.17. The smallest absolute Gasteiger partial charge is 0.375 e. The van der Waals surface area contributed by atoms with E-state index in [0.717, 1.165) is 0 Å². The Hall–Kier alpha value is -3.06. The fourth-order valence-corrected chi connectivity index (χ4v) is 4.24. The van der Waals surface area contributed by atoms with Gasteiger partial charge in [-0.15, -0.1) is 0 Å². The second kappa shape index (κ2) is 6.75. The van der Waals surface area contributed by atoms with Gasteiger partial charge in [0.2, 0.25) is 0 Å². The highest BCUT2D eigenvalue weighted by molar-refractivity contribution is 5.83. The quantitative estimate of drug-likeness (QED) is 0.522. The van der Waals surface area contributed by atoms with E-state index in [4.69, 9.17) is 0 Å². The molecule has 182 valence electrons. The van der Waals surface area contributed by atoms with Crippen LogP contribution in [0.1, 0.15) is 55.4 Å². The van der Waals surface area contributed by atoms with E-state index in [1.165, 1.54) is 79.7 Å². The van der Waals surface area contributed by atoms with Crippen LogP contribution in [0.25, 0.3) is 0 Å². The number of benzene rings is 1. The molecule has 3 aliphatic heterocycles. The van der Waals surface area contributed by atoms with Gasteiger partial charge in [0.1, 0.15) is 0 Å². The fourth-order valence-electron chi connectivity index (χ4n) is 4.24. The number of hydrogen-bond donors (Lipinski definition) is 0. The first-order chi connectivity index (χ1) is 15.4. The van der Waals surface area contributed by atoms with Gasteiger partial charge in [-0.05, 0) is 77.0 Å². The van der Waals surface area contributed by atoms with Crippen LogP contribution >= 0.6 is 0 Å². The predicted molar refractivity (Wildman–Crippen MR) is 121 cm³/mol. The molecule has 0 aromatic heterocycles. The van der Waals surface area contributed by atoms with Gasteiger partial charge in [0.05, 0.1) is 11.4 Å². The first kappa shape index (κ1) is 24.1. The predicted octanol–water partition coefficient (Wildman–Crippen LogP) is 3.64. The van der Waals surface area contributed by atoms with Gasteiger partial charge in [0.15, 0.2) is 33.5 Å². The van der Waals surface area contributed by atoms with Gasteiger partial charge < -0.3 is 20.5 Å². The molecule has 0 amide bonds. The maximum absolute atomic E-state index is 13.7. The second-order valence-corrected chi connectivity index (χ2v) is 10.8. The number of rotatable bonds is 0. The molecule has 4 rings (SSSR count). The highest BCUT2D eigenvalue weighted by Crippen LogP contribution is 2.51. The van der Waals surface area contributed by atoms with Crippen LogP contribution in [-0.4, -0.2) is 41.8 Å². The van der Waals surface area contributed by atoms with Crippen molar-refractivity contribution < 1.29 is 19.9 Å². The molecule has 0 aliphatic carbocycles. The highest BCUT2D eigenvalue weighted by atomic mass is 16.5. The lowest BCUT2D eigenvalue weighted by atomic mass is 9.84. The molecule has 0 unspecified atom stereocenters. The van der Waals surface area contributed by atoms with Gasteiger partial charge in [-0.25, -0.2) is 0 Å². The summed E-state index contributed by atoms with van der Waals surface area (Å²) >= 11 is 0. The molecule has 12 heteroatoms. The van der Waals surface area contributed by atoms with Crippen molar-refractivity contribution in [1.82, 2.24) is 10.1 Å². The molecule has 2 radical (unpaired) electrons. The standard InChI is InChI=1S/C22H28N6O6/c1-19(2)20(3,4)26(32)17(25(19)31)15-16(18-27(33)21(5,6)22(7,8)28(18)34)24(30)14-12-10-9-11-13(14)23(15)29/h9-12H,1-8H3. The normalized spacial score (nSPS) is 29.3. The van der Waals surface area contributed by atoms with E-state index >= 15 is 0 Å². The van der Waals surface area contributed by atoms with E-state index in [2.05, 4.69) is 0 Å². The summed E-state index contributed by atoms with van der Waals surface area (Å²) in [6.45, 7) is 12.3. The Labute approximate surface area is 197 Å². The van der Waals surface area contributed by atoms with Crippen LogP contribution in [0.4, 0.5) is 11.4 Å². The molecule has 0 N–H and O–H groups in total. The minimum Gasteiger partial charge on any atom is -0.753 e. The molecule has 0 atom stereocenters. The minimum atomic E-state index is -1.30. The van der Waals surface area contributed by atoms with E-state index in [1.54, 1.807) is 0 Å². The maximum atomic E-state index is 13.7. The largest absolute Gasteiger partial charge is 0.753 e. The summed E-state index contributed by atoms with van der Waals surface area (Å²) in [5, 5.41) is 55.4. The van der Waals surface area contributed by atoms with Gasteiger partial charge in [0.25, 0.3) is 0 Å². The molecule has 3 aliphatic rings. The van der Waals surface area contributed by atoms with Gasteiger partial charge >= 0.3 is 11.6 Å². The Balaban J connectivity index is 2.17. The highest BCUT2D eigenvalue weighted by Gasteiger charge is 2.70. The summed E-state index contributed by atoms with van der Waals surface area (Å²) in [6.07, 6.45) is 0. The summed E-state index contributed by atoms with van der Waals surface area (Å²) in [5.74, 6) is -1.29. The lowest BCUT2D eigenvalue weighted by Crippen LogP contribution is -2.50. The van der Waals surface area contributed by atoms with Crippen molar-refractivity contribution in [3.05, 3.63) is 67.5 Å². The van der Waals surface area contributed by atoms with Crippen LogP contribution in [0.3, 0.4) is 0 Å². The van der Waals surface area contributed by atoms with Crippen molar-refractivity contribution in [3.8, 4) is 0 Å². The first-order valence-corrected chi connectivity index (χ1v) is 10.9. The summed E-state index contributed by atoms with van der Waals surface area (Å²) in [4.78, 5) is 26.8. The Bertz CT molecular complexity index is 1090. The zero-order valence-corrected chi connectivity index (χ0v) is 20.4. The lowest BCUT2D eigenvalue weighted by molar-refractivity contribution is -0.571. The second-order valence-electron chi connectivity index (χ2n) is 10.8. The Morgan fingerprint density at radius 1 is 0.647 bits per heavy atom. The summed E-state index contributed by atoms with van der Waals surface area (Å²) in [5.41, 5.74) is -6.77. The molecule has 12 nitrogen and oxygen atoms in total. The Morgan fingerprint density at radius 3 is 1.18 bits per heavy atom. The SMILES string of the molecule is CC1(C)N([O])/C(=C2\C(=C3\N([O])C(C)(C)C(C)(C)[N+]3=O)N([O-])c3ccccc3N2[O-])[N+](=O)C1(C)C. The number of anilines is 2. The molecule has 0 saturated carbocycles. The van der Waals surface area contributed by atoms with E-state index in [-0.39, 0.29) is 21.5 Å². The van der Waals surface area contributed by atoms with Gasteiger partial charge in [0, 0.05) is 10.4 Å². The number of hydroxylamine groups is 6. The van der Waals surface area contributed by atoms with E-state index in [9.17, 15) is 30.6 Å². The van der Waals surface area contributed by atoms with Crippen molar-refractivity contribution in [2.45, 2.75) is 77.5 Å². The van der Waals surface area contributed by atoms with Crippen molar-refractivity contribution in [1.29, 1.82) is 0 Å². The summed E-state index contributed by atoms with van der Waals surface area (Å²) in [6, 6.07) is 5.76.